The molecule has 1 atom stereocenters. The number of hydrogen-bond acceptors (Lipinski definition) is 7. The molecule has 0 spiro atoms. The molecule has 1 unspecified atom stereocenters. The molecule has 0 saturated heterocycles. The number of aromatic nitrogens is 5. The van der Waals surface area contributed by atoms with E-state index in [-0.39, 0.29) is 23.1 Å². The number of aromatic amines is 1. The lowest BCUT2D eigenvalue weighted by Gasteiger charge is -2.10. The Labute approximate surface area is 157 Å². The third-order valence-electron chi connectivity index (χ3n) is 4.05. The summed E-state index contributed by atoms with van der Waals surface area (Å²) in [6, 6.07) is 3.77. The SMILES string of the molecule is CCCS(=N)(=O)c1nc(NCC)c2[nH]c(=O)n(Cc3ccc(C)nc3)c2n1. The van der Waals surface area contributed by atoms with Gasteiger partial charge in [-0.1, -0.05) is 13.0 Å². The van der Waals surface area contributed by atoms with E-state index in [0.29, 0.717) is 29.9 Å². The predicted octanol–water partition coefficient (Wildman–Crippen LogP) is 2.12. The topological polar surface area (TPSA) is 129 Å². The summed E-state index contributed by atoms with van der Waals surface area (Å²) < 4.78 is 22.3. The molecule has 9 nitrogen and oxygen atoms in total. The van der Waals surface area contributed by atoms with Crippen LogP contribution >= 0.6 is 0 Å². The van der Waals surface area contributed by atoms with Gasteiger partial charge in [0.15, 0.2) is 11.5 Å². The number of anilines is 1. The first-order valence-corrected chi connectivity index (χ1v) is 10.5. The zero-order valence-electron chi connectivity index (χ0n) is 15.6. The minimum atomic E-state index is -3.13. The zero-order valence-corrected chi connectivity index (χ0v) is 16.4. The molecule has 3 rings (SSSR count). The molecule has 0 fully saturated rings. The van der Waals surface area contributed by atoms with Gasteiger partial charge in [0.25, 0.3) is 0 Å². The van der Waals surface area contributed by atoms with Crippen LogP contribution in [0.25, 0.3) is 11.2 Å². The third-order valence-corrected chi connectivity index (χ3v) is 5.80. The van der Waals surface area contributed by atoms with Crippen LogP contribution in [0.2, 0.25) is 0 Å². The second kappa shape index (κ2) is 7.47. The Morgan fingerprint density at radius 3 is 2.70 bits per heavy atom. The molecule has 3 heterocycles. The molecular weight excluding hydrogens is 366 g/mol. The monoisotopic (exact) mass is 389 g/mol. The van der Waals surface area contributed by atoms with Crippen LogP contribution in [-0.2, 0) is 16.3 Å². The van der Waals surface area contributed by atoms with Gasteiger partial charge in [-0.25, -0.2) is 18.8 Å². The molecule has 0 aliphatic heterocycles. The van der Waals surface area contributed by atoms with E-state index < -0.39 is 9.73 Å². The van der Waals surface area contributed by atoms with Crippen molar-refractivity contribution in [1.29, 1.82) is 4.78 Å². The van der Waals surface area contributed by atoms with E-state index in [0.717, 1.165) is 11.3 Å². The van der Waals surface area contributed by atoms with E-state index in [4.69, 9.17) is 4.78 Å². The molecule has 0 amide bonds. The summed E-state index contributed by atoms with van der Waals surface area (Å²) in [5.41, 5.74) is 2.16. The van der Waals surface area contributed by atoms with Crippen LogP contribution in [0.15, 0.2) is 28.3 Å². The lowest BCUT2D eigenvalue weighted by Crippen LogP contribution is -2.18. The van der Waals surface area contributed by atoms with E-state index in [2.05, 4.69) is 25.3 Å². The van der Waals surface area contributed by atoms with E-state index in [1.807, 2.05) is 32.9 Å². The van der Waals surface area contributed by atoms with Crippen LogP contribution in [0.5, 0.6) is 0 Å². The number of rotatable bonds is 7. The first-order chi connectivity index (χ1) is 12.9. The van der Waals surface area contributed by atoms with Crippen LogP contribution in [-0.4, -0.2) is 41.0 Å². The Morgan fingerprint density at radius 1 is 1.30 bits per heavy atom. The maximum absolute atomic E-state index is 12.7. The zero-order chi connectivity index (χ0) is 19.6. The Hall–Kier alpha value is -2.75. The normalized spacial score (nSPS) is 13.6. The van der Waals surface area contributed by atoms with Gasteiger partial charge < -0.3 is 10.3 Å². The molecule has 27 heavy (non-hydrogen) atoms. The number of hydrogen-bond donors (Lipinski definition) is 3. The Morgan fingerprint density at radius 2 is 2.07 bits per heavy atom. The van der Waals surface area contributed by atoms with Crippen LogP contribution in [0.1, 0.15) is 31.5 Å². The highest BCUT2D eigenvalue weighted by Gasteiger charge is 2.20. The van der Waals surface area contributed by atoms with Gasteiger partial charge in [0.1, 0.15) is 15.2 Å². The van der Waals surface area contributed by atoms with E-state index in [1.54, 1.807) is 6.20 Å². The van der Waals surface area contributed by atoms with Crippen molar-refractivity contribution in [2.75, 3.05) is 17.6 Å². The molecule has 3 N–H and O–H groups in total. The van der Waals surface area contributed by atoms with Crippen molar-refractivity contribution in [3.05, 3.63) is 40.1 Å². The summed E-state index contributed by atoms with van der Waals surface area (Å²) in [4.78, 5) is 28.2. The average molecular weight is 389 g/mol. The van der Waals surface area contributed by atoms with Gasteiger partial charge in [-0.15, -0.1) is 0 Å². The summed E-state index contributed by atoms with van der Waals surface area (Å²) in [5, 5.41) is 3.01. The first-order valence-electron chi connectivity index (χ1n) is 8.78. The van der Waals surface area contributed by atoms with Gasteiger partial charge in [0, 0.05) is 24.2 Å². The maximum Gasteiger partial charge on any atom is 0.328 e. The fourth-order valence-corrected chi connectivity index (χ4v) is 3.98. The van der Waals surface area contributed by atoms with Crippen molar-refractivity contribution in [1.82, 2.24) is 24.5 Å². The van der Waals surface area contributed by atoms with Gasteiger partial charge in [-0.3, -0.25) is 9.55 Å². The second-order valence-electron chi connectivity index (χ2n) is 6.29. The molecule has 0 saturated carbocycles. The van der Waals surface area contributed by atoms with Gasteiger partial charge in [0.05, 0.1) is 6.54 Å². The quantitative estimate of drug-likeness (QED) is 0.531. The average Bonchev–Trinajstić information content (AvgIpc) is 2.93. The van der Waals surface area contributed by atoms with Crippen LogP contribution < -0.4 is 11.0 Å². The largest absolute Gasteiger partial charge is 0.368 e. The van der Waals surface area contributed by atoms with E-state index in [9.17, 15) is 9.00 Å². The fraction of sp³-hybridized carbons (Fsp3) is 0.412. The Bertz CT molecular complexity index is 1110. The number of fused-ring (bicyclic) bond motifs is 1. The summed E-state index contributed by atoms with van der Waals surface area (Å²) >= 11 is 0. The molecule has 0 aliphatic rings. The number of pyridine rings is 1. The number of aryl methyl sites for hydroxylation is 1. The summed E-state index contributed by atoms with van der Waals surface area (Å²) in [6.45, 7) is 6.47. The fourth-order valence-electron chi connectivity index (χ4n) is 2.75. The molecule has 3 aromatic heterocycles. The van der Waals surface area contributed by atoms with Crippen molar-refractivity contribution >= 4 is 26.7 Å². The predicted molar refractivity (Wildman–Crippen MR) is 105 cm³/mol. The minimum absolute atomic E-state index is 0.0532. The molecule has 3 aromatic rings. The molecule has 10 heteroatoms. The number of imidazole rings is 1. The summed E-state index contributed by atoms with van der Waals surface area (Å²) in [7, 11) is -3.13. The molecular formula is C17H23N7O2S. The van der Waals surface area contributed by atoms with Crippen molar-refractivity contribution in [3.8, 4) is 0 Å². The van der Waals surface area contributed by atoms with Gasteiger partial charge in [-0.2, -0.15) is 4.98 Å². The molecule has 0 radical (unpaired) electrons. The molecule has 0 aromatic carbocycles. The van der Waals surface area contributed by atoms with E-state index in [1.165, 1.54) is 4.57 Å². The Balaban J connectivity index is 2.19. The van der Waals surface area contributed by atoms with Crippen LogP contribution in [0.3, 0.4) is 0 Å². The highest BCUT2D eigenvalue weighted by Crippen LogP contribution is 2.21. The Kier molecular flexibility index (Phi) is 5.26. The lowest BCUT2D eigenvalue weighted by atomic mass is 10.2. The van der Waals surface area contributed by atoms with Crippen LogP contribution in [0.4, 0.5) is 5.82 Å². The number of H-pyrrole nitrogens is 1. The molecule has 144 valence electrons. The van der Waals surface area contributed by atoms with Crippen molar-refractivity contribution in [2.45, 2.75) is 38.9 Å². The van der Waals surface area contributed by atoms with Crippen molar-refractivity contribution in [2.24, 2.45) is 0 Å². The van der Waals surface area contributed by atoms with Crippen molar-refractivity contribution in [3.63, 3.8) is 0 Å². The number of nitrogens with one attached hydrogen (secondary N) is 3. The van der Waals surface area contributed by atoms with E-state index >= 15 is 0 Å². The van der Waals surface area contributed by atoms with Gasteiger partial charge in [0.2, 0.25) is 5.16 Å². The maximum atomic E-state index is 12.7. The summed E-state index contributed by atoms with van der Waals surface area (Å²) in [6.07, 6.45) is 2.29. The second-order valence-corrected chi connectivity index (χ2v) is 8.41. The highest BCUT2D eigenvalue weighted by molar-refractivity contribution is 7.92. The minimum Gasteiger partial charge on any atom is -0.368 e. The highest BCUT2D eigenvalue weighted by atomic mass is 32.2. The third kappa shape index (κ3) is 3.85. The molecule has 0 aliphatic carbocycles. The smallest absolute Gasteiger partial charge is 0.328 e. The van der Waals surface area contributed by atoms with Crippen LogP contribution in [0, 0.1) is 11.7 Å². The van der Waals surface area contributed by atoms with Gasteiger partial charge >= 0.3 is 5.69 Å². The number of nitrogens with zero attached hydrogens (tertiary/aromatic N) is 4. The lowest BCUT2D eigenvalue weighted by molar-refractivity contribution is 0.664. The standard InChI is InChI=1S/C17H23N7O2S/c1-4-8-27(18,26)16-22-14(19-5-2)13-15(23-16)24(17(25)21-13)10-12-7-6-11(3)20-9-12/h6-7,9,18H,4-5,8,10H2,1-3H3,(H,21,25)(H,19,22,23). The van der Waals surface area contributed by atoms with Gasteiger partial charge in [-0.05, 0) is 31.9 Å². The molecule has 0 bridgehead atoms. The summed E-state index contributed by atoms with van der Waals surface area (Å²) in [5.74, 6) is 0.548. The van der Waals surface area contributed by atoms with Crippen molar-refractivity contribution < 1.29 is 4.21 Å². The first kappa shape index (κ1) is 19.0.